The number of Topliss-reactive ketones (excluding diaryl/α,β-unsaturated/α-hetero) is 1. The summed E-state index contributed by atoms with van der Waals surface area (Å²) in [5, 5.41) is 3.04. The highest BCUT2D eigenvalue weighted by Crippen LogP contribution is 2.31. The second-order valence-corrected chi connectivity index (χ2v) is 7.93. The van der Waals surface area contributed by atoms with Crippen LogP contribution >= 0.6 is 0 Å². The van der Waals surface area contributed by atoms with Gasteiger partial charge in [0.1, 0.15) is 5.58 Å². The molecule has 6 heteroatoms. The van der Waals surface area contributed by atoms with E-state index < -0.39 is 0 Å². The fourth-order valence-electron chi connectivity index (χ4n) is 3.47. The van der Waals surface area contributed by atoms with Crippen molar-refractivity contribution in [3.8, 4) is 17.1 Å². The molecule has 0 radical (unpaired) electrons. The standard InChI is InChI=1S/C27H23NO5/c1-16-4-7-20(8-5-16)26-27(25(31)22-13-6-17(2)14-24(22)33-26)32-15-23(30)19-9-11-21(12-10-19)28-18(3)29/h4-14H,15H2,1-3H3,(H,28,29). The average Bonchev–Trinajstić information content (AvgIpc) is 2.78. The molecular weight excluding hydrogens is 418 g/mol. The number of hydrogen-bond donors (Lipinski definition) is 1. The lowest BCUT2D eigenvalue weighted by Crippen LogP contribution is -2.17. The van der Waals surface area contributed by atoms with Crippen LogP contribution in [0, 0.1) is 13.8 Å². The molecule has 0 aliphatic heterocycles. The van der Waals surface area contributed by atoms with Gasteiger partial charge < -0.3 is 14.5 Å². The lowest BCUT2D eigenvalue weighted by atomic mass is 10.1. The number of amides is 1. The van der Waals surface area contributed by atoms with Crippen LogP contribution in [0.15, 0.2) is 75.9 Å². The molecule has 0 aliphatic rings. The summed E-state index contributed by atoms with van der Waals surface area (Å²) in [4.78, 5) is 37.1. The molecule has 0 bridgehead atoms. The maximum atomic E-state index is 13.3. The van der Waals surface area contributed by atoms with Crippen LogP contribution in [0.4, 0.5) is 5.69 Å². The summed E-state index contributed by atoms with van der Waals surface area (Å²) in [6, 6.07) is 19.4. The number of fused-ring (bicyclic) bond motifs is 1. The Morgan fingerprint density at radius 1 is 0.909 bits per heavy atom. The fraction of sp³-hybridized carbons (Fsp3) is 0.148. The number of aryl methyl sites for hydroxylation is 2. The van der Waals surface area contributed by atoms with E-state index >= 15 is 0 Å². The number of nitrogens with one attached hydrogen (secondary N) is 1. The van der Waals surface area contributed by atoms with Crippen molar-refractivity contribution in [1.29, 1.82) is 0 Å². The average molecular weight is 441 g/mol. The van der Waals surface area contributed by atoms with Gasteiger partial charge in [0.05, 0.1) is 5.39 Å². The van der Waals surface area contributed by atoms with Crippen LogP contribution in [0.2, 0.25) is 0 Å². The van der Waals surface area contributed by atoms with Gasteiger partial charge in [-0.05, 0) is 55.8 Å². The predicted molar refractivity (Wildman–Crippen MR) is 128 cm³/mol. The first-order chi connectivity index (χ1) is 15.8. The summed E-state index contributed by atoms with van der Waals surface area (Å²) in [5.74, 6) is -0.216. The quantitative estimate of drug-likeness (QED) is 0.411. The van der Waals surface area contributed by atoms with Gasteiger partial charge >= 0.3 is 0 Å². The number of anilines is 1. The molecule has 0 unspecified atom stereocenters. The van der Waals surface area contributed by atoms with Gasteiger partial charge in [0.2, 0.25) is 17.1 Å². The lowest BCUT2D eigenvalue weighted by Gasteiger charge is -2.12. The molecule has 6 nitrogen and oxygen atoms in total. The molecular formula is C27H23NO5. The lowest BCUT2D eigenvalue weighted by molar-refractivity contribution is -0.114. The van der Waals surface area contributed by atoms with Crippen molar-refractivity contribution < 1.29 is 18.7 Å². The minimum Gasteiger partial charge on any atom is -0.478 e. The second-order valence-electron chi connectivity index (χ2n) is 7.93. The summed E-state index contributed by atoms with van der Waals surface area (Å²) < 4.78 is 11.9. The van der Waals surface area contributed by atoms with E-state index in [2.05, 4.69) is 5.32 Å². The molecule has 1 aromatic heterocycles. The third kappa shape index (κ3) is 4.85. The van der Waals surface area contributed by atoms with E-state index in [1.807, 2.05) is 44.2 Å². The number of carbonyl (C=O) groups excluding carboxylic acids is 2. The highest BCUT2D eigenvalue weighted by Gasteiger charge is 2.19. The second kappa shape index (κ2) is 9.12. The van der Waals surface area contributed by atoms with Gasteiger partial charge in [0.15, 0.2) is 18.2 Å². The SMILES string of the molecule is CC(=O)Nc1ccc(C(=O)COc2c(-c3ccc(C)cc3)oc3cc(C)ccc3c2=O)cc1. The monoisotopic (exact) mass is 441 g/mol. The third-order valence-electron chi connectivity index (χ3n) is 5.19. The van der Waals surface area contributed by atoms with Crippen molar-refractivity contribution >= 4 is 28.3 Å². The summed E-state index contributed by atoms with van der Waals surface area (Å²) >= 11 is 0. The molecule has 1 amide bonds. The first-order valence-corrected chi connectivity index (χ1v) is 10.5. The maximum absolute atomic E-state index is 13.3. The first kappa shape index (κ1) is 22.0. The smallest absolute Gasteiger partial charge is 0.235 e. The minimum atomic E-state index is -0.333. The Hall–Kier alpha value is -4.19. The summed E-state index contributed by atoms with van der Waals surface area (Å²) in [6.45, 7) is 4.97. The maximum Gasteiger partial charge on any atom is 0.235 e. The molecule has 0 saturated heterocycles. The summed E-state index contributed by atoms with van der Waals surface area (Å²) in [7, 11) is 0. The largest absolute Gasteiger partial charge is 0.478 e. The Kier molecular flexibility index (Phi) is 6.09. The fourth-order valence-corrected chi connectivity index (χ4v) is 3.47. The van der Waals surface area contributed by atoms with E-state index in [0.29, 0.717) is 27.8 Å². The Morgan fingerprint density at radius 2 is 1.58 bits per heavy atom. The Bertz CT molecular complexity index is 1400. The number of hydrogen-bond acceptors (Lipinski definition) is 5. The van der Waals surface area contributed by atoms with Gasteiger partial charge in [0.25, 0.3) is 0 Å². The molecule has 1 heterocycles. The van der Waals surface area contributed by atoms with Crippen molar-refractivity contribution in [2.45, 2.75) is 20.8 Å². The molecule has 0 saturated carbocycles. The van der Waals surface area contributed by atoms with Gasteiger partial charge in [-0.1, -0.05) is 35.9 Å². The van der Waals surface area contributed by atoms with Crippen LogP contribution < -0.4 is 15.5 Å². The molecule has 0 fully saturated rings. The van der Waals surface area contributed by atoms with Crippen molar-refractivity contribution in [2.75, 3.05) is 11.9 Å². The van der Waals surface area contributed by atoms with Crippen molar-refractivity contribution in [3.05, 3.63) is 93.6 Å². The van der Waals surface area contributed by atoms with Crippen molar-refractivity contribution in [2.24, 2.45) is 0 Å². The zero-order valence-electron chi connectivity index (χ0n) is 18.6. The molecule has 166 valence electrons. The molecule has 4 rings (SSSR count). The van der Waals surface area contributed by atoms with E-state index in [-0.39, 0.29) is 35.2 Å². The molecule has 0 spiro atoms. The van der Waals surface area contributed by atoms with Crippen molar-refractivity contribution in [1.82, 2.24) is 0 Å². The molecule has 4 aromatic rings. The van der Waals surface area contributed by atoms with E-state index in [4.69, 9.17) is 9.15 Å². The van der Waals surface area contributed by atoms with Crippen LogP contribution in [0.5, 0.6) is 5.75 Å². The Labute approximate surface area is 190 Å². The third-order valence-corrected chi connectivity index (χ3v) is 5.19. The number of ether oxygens (including phenoxy) is 1. The van der Waals surface area contributed by atoms with E-state index in [1.54, 1.807) is 36.4 Å². The van der Waals surface area contributed by atoms with E-state index in [0.717, 1.165) is 11.1 Å². The van der Waals surface area contributed by atoms with E-state index in [1.165, 1.54) is 6.92 Å². The molecule has 3 aromatic carbocycles. The highest BCUT2D eigenvalue weighted by molar-refractivity contribution is 5.98. The van der Waals surface area contributed by atoms with Gasteiger partial charge in [-0.2, -0.15) is 0 Å². The highest BCUT2D eigenvalue weighted by atomic mass is 16.5. The predicted octanol–water partition coefficient (Wildman–Crippen LogP) is 5.30. The van der Waals surface area contributed by atoms with Crippen LogP contribution in [-0.2, 0) is 4.79 Å². The van der Waals surface area contributed by atoms with Crippen LogP contribution in [-0.4, -0.2) is 18.3 Å². The van der Waals surface area contributed by atoms with Crippen LogP contribution in [0.25, 0.3) is 22.3 Å². The zero-order chi connectivity index (χ0) is 23.5. The summed E-state index contributed by atoms with van der Waals surface area (Å²) in [6.07, 6.45) is 0. The minimum absolute atomic E-state index is 0.00146. The van der Waals surface area contributed by atoms with Crippen LogP contribution in [0.3, 0.4) is 0 Å². The number of carbonyl (C=O) groups is 2. The summed E-state index contributed by atoms with van der Waals surface area (Å²) in [5.41, 5.74) is 3.84. The molecule has 0 atom stereocenters. The van der Waals surface area contributed by atoms with Gasteiger partial charge in [0, 0.05) is 23.7 Å². The molecule has 0 aliphatic carbocycles. The van der Waals surface area contributed by atoms with Gasteiger partial charge in [-0.25, -0.2) is 0 Å². The number of rotatable bonds is 6. The Morgan fingerprint density at radius 3 is 2.24 bits per heavy atom. The van der Waals surface area contributed by atoms with Gasteiger partial charge in [-0.3, -0.25) is 14.4 Å². The first-order valence-electron chi connectivity index (χ1n) is 10.5. The van der Waals surface area contributed by atoms with Gasteiger partial charge in [-0.15, -0.1) is 0 Å². The van der Waals surface area contributed by atoms with Crippen molar-refractivity contribution in [3.63, 3.8) is 0 Å². The molecule has 33 heavy (non-hydrogen) atoms. The zero-order valence-corrected chi connectivity index (χ0v) is 18.6. The van der Waals surface area contributed by atoms with E-state index in [9.17, 15) is 14.4 Å². The Balaban J connectivity index is 1.68. The number of ketones is 1. The molecule has 1 N–H and O–H groups in total. The number of benzene rings is 3. The topological polar surface area (TPSA) is 85.6 Å². The normalized spacial score (nSPS) is 10.8. The van der Waals surface area contributed by atoms with Crippen LogP contribution in [0.1, 0.15) is 28.4 Å².